The summed E-state index contributed by atoms with van der Waals surface area (Å²) in [7, 11) is 0. The summed E-state index contributed by atoms with van der Waals surface area (Å²) in [6.45, 7) is 33.9. The van der Waals surface area contributed by atoms with Gasteiger partial charge in [-0.15, -0.1) is 11.3 Å². The molecule has 0 fully saturated rings. The molecule has 59 heavy (non-hydrogen) atoms. The summed E-state index contributed by atoms with van der Waals surface area (Å²) in [5.74, 6) is 0. The van der Waals surface area contributed by atoms with Gasteiger partial charge in [0.2, 0.25) is 0 Å². The molecule has 0 N–H and O–H groups in total. The van der Waals surface area contributed by atoms with Crippen molar-refractivity contribution in [1.82, 2.24) is 0 Å². The first-order chi connectivity index (χ1) is 27.6. The number of rotatable bonds is 2. The average molecular weight is 795 g/mol. The molecule has 0 radical (unpaired) electrons. The van der Waals surface area contributed by atoms with Crippen molar-refractivity contribution >= 4 is 78.0 Å². The van der Waals surface area contributed by atoms with Crippen LogP contribution in [0, 0.1) is 20.8 Å². The summed E-state index contributed by atoms with van der Waals surface area (Å²) in [6.07, 6.45) is 4.80. The van der Waals surface area contributed by atoms with Gasteiger partial charge in [0.1, 0.15) is 0 Å². The maximum atomic E-state index is 2.73. The third-order valence-electron chi connectivity index (χ3n) is 15.3. The molecule has 0 spiro atoms. The van der Waals surface area contributed by atoms with E-state index < -0.39 is 0 Å². The van der Waals surface area contributed by atoms with E-state index in [9.17, 15) is 0 Å². The van der Waals surface area contributed by atoms with Crippen molar-refractivity contribution in [1.29, 1.82) is 0 Å². The van der Waals surface area contributed by atoms with E-state index in [0.29, 0.717) is 0 Å². The van der Waals surface area contributed by atoms with Crippen LogP contribution in [0.4, 0.5) is 34.1 Å². The molecule has 0 unspecified atom stereocenters. The first-order valence-electron chi connectivity index (χ1n) is 22.3. The lowest BCUT2D eigenvalue weighted by atomic mass is 9.35. The fourth-order valence-corrected chi connectivity index (χ4v) is 12.6. The Bertz CT molecular complexity index is 2750. The second kappa shape index (κ2) is 12.4. The smallest absolute Gasteiger partial charge is 0.264 e. The Morgan fingerprint density at radius 3 is 1.64 bits per heavy atom. The Balaban J connectivity index is 1.35. The monoisotopic (exact) mass is 794 g/mol. The van der Waals surface area contributed by atoms with Crippen molar-refractivity contribution in [2.45, 2.75) is 150 Å². The van der Waals surface area contributed by atoms with Crippen molar-refractivity contribution in [2.75, 3.05) is 9.80 Å². The van der Waals surface area contributed by atoms with Gasteiger partial charge in [-0.25, -0.2) is 0 Å². The molecule has 10 rings (SSSR count). The summed E-state index contributed by atoms with van der Waals surface area (Å²) in [5, 5.41) is 1.37. The molecule has 4 aliphatic rings. The predicted octanol–water partition coefficient (Wildman–Crippen LogP) is 13.9. The largest absolute Gasteiger partial charge is 0.311 e. The second-order valence-electron chi connectivity index (χ2n) is 22.6. The highest BCUT2D eigenvalue weighted by Crippen LogP contribution is 2.54. The molecule has 302 valence electrons. The summed E-state index contributed by atoms with van der Waals surface area (Å²) < 4.78 is 2.83. The molecular weight excluding hydrogens is 731 g/mol. The van der Waals surface area contributed by atoms with Crippen LogP contribution >= 0.6 is 11.3 Å². The highest BCUT2D eigenvalue weighted by atomic mass is 32.1. The molecule has 0 saturated heterocycles. The van der Waals surface area contributed by atoms with Crippen LogP contribution in [0.1, 0.15) is 146 Å². The van der Waals surface area contributed by atoms with E-state index in [4.69, 9.17) is 0 Å². The zero-order chi connectivity index (χ0) is 41.9. The van der Waals surface area contributed by atoms with E-state index in [1.165, 1.54) is 130 Å². The fourth-order valence-electron chi connectivity index (χ4n) is 11.3. The number of aryl methyl sites for hydroxylation is 3. The minimum Gasteiger partial charge on any atom is -0.311 e. The molecule has 1 aromatic heterocycles. The van der Waals surface area contributed by atoms with Gasteiger partial charge in [-0.1, -0.05) is 112 Å². The Labute approximate surface area is 359 Å². The first-order valence-corrected chi connectivity index (χ1v) is 23.1. The van der Waals surface area contributed by atoms with Crippen LogP contribution in [0.15, 0.2) is 78.9 Å². The van der Waals surface area contributed by atoms with Crippen molar-refractivity contribution in [2.24, 2.45) is 0 Å². The molecule has 3 heterocycles. The molecule has 2 nitrogen and oxygen atoms in total. The highest BCUT2D eigenvalue weighted by molar-refractivity contribution is 7.33. The second-order valence-corrected chi connectivity index (χ2v) is 23.7. The van der Waals surface area contributed by atoms with Crippen molar-refractivity contribution in [3.63, 3.8) is 0 Å². The third-order valence-corrected chi connectivity index (χ3v) is 16.6. The first kappa shape index (κ1) is 38.9. The molecule has 6 aromatic rings. The van der Waals surface area contributed by atoms with E-state index in [1.807, 2.05) is 11.3 Å². The Morgan fingerprint density at radius 1 is 0.542 bits per heavy atom. The summed E-state index contributed by atoms with van der Waals surface area (Å²) in [5.41, 5.74) is 22.7. The molecule has 4 heteroatoms. The molecule has 2 aliphatic carbocycles. The van der Waals surface area contributed by atoms with Crippen LogP contribution in [0.25, 0.3) is 10.1 Å². The standard InChI is InChI=1S/C55H63BN2S/c1-32-15-18-36(19-16-32)57-45-25-33(2)26-46-48(45)56(50-49(57)37-28-35(51(4,5)6)17-20-47(37)59-50)42-29-39-41(55(13,14)24-22-53(39,9)10)31-44(42)58(46)43-30-40-38(27-34(43)3)52(7,8)21-23-54(40,11)12/h15-20,25-31H,21-24H2,1-14H3. The Kier molecular flexibility index (Phi) is 8.18. The van der Waals surface area contributed by atoms with Gasteiger partial charge >= 0.3 is 0 Å². The van der Waals surface area contributed by atoms with Crippen LogP contribution in [-0.2, 0) is 27.1 Å². The van der Waals surface area contributed by atoms with Gasteiger partial charge in [-0.05, 0) is 172 Å². The van der Waals surface area contributed by atoms with E-state index in [2.05, 4.69) is 186 Å². The van der Waals surface area contributed by atoms with Gasteiger partial charge in [-0.3, -0.25) is 0 Å². The predicted molar refractivity (Wildman–Crippen MR) is 259 cm³/mol. The summed E-state index contributed by atoms with van der Waals surface area (Å²) in [6, 6.07) is 32.1. The minimum atomic E-state index is 0.0416. The van der Waals surface area contributed by atoms with Crippen LogP contribution < -0.4 is 25.5 Å². The Morgan fingerprint density at radius 2 is 1.07 bits per heavy atom. The van der Waals surface area contributed by atoms with Gasteiger partial charge in [0, 0.05) is 43.3 Å². The van der Waals surface area contributed by atoms with Crippen LogP contribution in [0.2, 0.25) is 0 Å². The van der Waals surface area contributed by atoms with E-state index in [1.54, 1.807) is 0 Å². The number of nitrogens with zero attached hydrogens (tertiary/aromatic N) is 2. The lowest BCUT2D eigenvalue weighted by Gasteiger charge is -2.48. The normalized spacial score (nSPS) is 19.2. The number of fused-ring (bicyclic) bond motifs is 8. The lowest BCUT2D eigenvalue weighted by Crippen LogP contribution is -2.61. The number of thiophene rings is 1. The molecule has 2 aliphatic heterocycles. The molecular formula is C55H63BN2S. The maximum absolute atomic E-state index is 2.73. The molecule has 0 amide bonds. The van der Waals surface area contributed by atoms with Gasteiger partial charge in [-0.2, -0.15) is 0 Å². The molecule has 0 atom stereocenters. The molecule has 0 saturated carbocycles. The zero-order valence-electron chi connectivity index (χ0n) is 38.2. The van der Waals surface area contributed by atoms with E-state index in [-0.39, 0.29) is 33.8 Å². The fraction of sp³-hybridized carbons (Fsp3) is 0.418. The summed E-state index contributed by atoms with van der Waals surface area (Å²) >= 11 is 2.02. The molecule has 0 bridgehead atoms. The minimum absolute atomic E-state index is 0.0416. The lowest BCUT2D eigenvalue weighted by molar-refractivity contribution is 0.331. The maximum Gasteiger partial charge on any atom is 0.264 e. The van der Waals surface area contributed by atoms with E-state index >= 15 is 0 Å². The zero-order valence-corrected chi connectivity index (χ0v) is 39.0. The van der Waals surface area contributed by atoms with Crippen LogP contribution in [0.3, 0.4) is 0 Å². The van der Waals surface area contributed by atoms with Crippen molar-refractivity contribution in [3.05, 3.63) is 123 Å². The highest BCUT2D eigenvalue weighted by Gasteiger charge is 2.48. The van der Waals surface area contributed by atoms with Gasteiger partial charge in [0.25, 0.3) is 6.71 Å². The number of hydrogen-bond donors (Lipinski definition) is 0. The van der Waals surface area contributed by atoms with Crippen molar-refractivity contribution < 1.29 is 0 Å². The third kappa shape index (κ3) is 5.71. The topological polar surface area (TPSA) is 6.48 Å². The average Bonchev–Trinajstić information content (AvgIpc) is 3.54. The number of anilines is 6. The van der Waals surface area contributed by atoms with Crippen LogP contribution in [-0.4, -0.2) is 6.71 Å². The molecule has 5 aromatic carbocycles. The quantitative estimate of drug-likeness (QED) is 0.161. The Hall–Kier alpha value is -4.28. The van der Waals surface area contributed by atoms with Gasteiger partial charge in [0.15, 0.2) is 0 Å². The SMILES string of the molecule is Cc1ccc(N2c3cc(C)cc4c3B(c3cc5c(cc3N4c3cc4c(cc3C)C(C)(C)CCC4(C)C)C(C)(C)CCC5(C)C)c3sc4ccc(C(C)(C)C)cc4c32)cc1. The number of hydrogen-bond acceptors (Lipinski definition) is 3. The van der Waals surface area contributed by atoms with Crippen LogP contribution in [0.5, 0.6) is 0 Å². The van der Waals surface area contributed by atoms with Crippen molar-refractivity contribution in [3.8, 4) is 0 Å². The summed E-state index contributed by atoms with van der Waals surface area (Å²) in [4.78, 5) is 5.37. The number of benzene rings is 5. The van der Waals surface area contributed by atoms with E-state index in [0.717, 1.165) is 0 Å². The van der Waals surface area contributed by atoms with Gasteiger partial charge < -0.3 is 9.80 Å². The van der Waals surface area contributed by atoms with Gasteiger partial charge in [0.05, 0.1) is 5.69 Å².